The van der Waals surface area contributed by atoms with Crippen molar-refractivity contribution in [2.24, 2.45) is 4.99 Å². The van der Waals surface area contributed by atoms with E-state index in [9.17, 15) is 5.11 Å². The number of nitrogens with one attached hydrogen (secondary N) is 1. The van der Waals surface area contributed by atoms with Gasteiger partial charge in [0.15, 0.2) is 11.9 Å². The minimum Gasteiger partial charge on any atom is -0.378 e. The molecule has 3 rings (SSSR count). The zero-order chi connectivity index (χ0) is 16.9. The first-order chi connectivity index (χ1) is 11.6. The lowest BCUT2D eigenvalue weighted by molar-refractivity contribution is 0.241. The molecule has 0 fully saturated rings. The third kappa shape index (κ3) is 4.14. The van der Waals surface area contributed by atoms with Gasteiger partial charge < -0.3 is 10.8 Å². The van der Waals surface area contributed by atoms with Gasteiger partial charge in [0.1, 0.15) is 5.04 Å². The Morgan fingerprint density at radius 2 is 2.00 bits per heavy atom. The molecule has 1 unspecified atom stereocenters. The van der Waals surface area contributed by atoms with Gasteiger partial charge in [0.25, 0.3) is 0 Å². The number of halogens is 1. The zero-order valence-corrected chi connectivity index (χ0v) is 14.0. The molecule has 0 bridgehead atoms. The lowest BCUT2D eigenvalue weighted by Gasteiger charge is -2.11. The Balaban J connectivity index is 1.96. The summed E-state index contributed by atoms with van der Waals surface area (Å²) in [5.41, 5.74) is 6.14. The highest BCUT2D eigenvalue weighted by atomic mass is 35.5. The molecule has 0 saturated heterocycles. The maximum absolute atomic E-state index is 10.6. The first-order valence-electron chi connectivity index (χ1n) is 7.05. The molecule has 0 aliphatic carbocycles. The molecule has 24 heavy (non-hydrogen) atoms. The molecule has 0 amide bonds. The molecule has 0 aliphatic rings. The molecule has 0 radical (unpaired) electrons. The van der Waals surface area contributed by atoms with Gasteiger partial charge in [-0.3, -0.25) is 5.10 Å². The van der Waals surface area contributed by atoms with Gasteiger partial charge in [-0.05, 0) is 30.3 Å². The Bertz CT molecular complexity index is 852. The standard InChI is InChI=1S/C16H14ClN5OS/c17-10-5-4-6-11(9-10)19-15(24-12-7-2-1-3-8-12)13(23)14-20-16(18)22-21-14/h1-9,13,23H,(H3,18,20,21,22). The molecule has 0 spiro atoms. The largest absolute Gasteiger partial charge is 0.378 e. The van der Waals surface area contributed by atoms with E-state index >= 15 is 0 Å². The SMILES string of the molecule is Nc1n[nH]c(C(O)C(=Nc2cccc(Cl)c2)Sc2ccccc2)n1. The average molecular weight is 360 g/mol. The predicted molar refractivity (Wildman–Crippen MR) is 96.6 cm³/mol. The molecule has 1 atom stereocenters. The first-order valence-corrected chi connectivity index (χ1v) is 8.24. The fraction of sp³-hybridized carbons (Fsp3) is 0.0625. The third-order valence-electron chi connectivity index (χ3n) is 3.03. The van der Waals surface area contributed by atoms with Crippen molar-refractivity contribution in [1.82, 2.24) is 15.2 Å². The molecule has 3 aromatic rings. The molecular weight excluding hydrogens is 346 g/mol. The van der Waals surface area contributed by atoms with E-state index in [2.05, 4.69) is 20.2 Å². The van der Waals surface area contributed by atoms with E-state index in [0.29, 0.717) is 15.8 Å². The fourth-order valence-electron chi connectivity index (χ4n) is 1.95. The number of thioether (sulfide) groups is 1. The van der Waals surface area contributed by atoms with Crippen molar-refractivity contribution < 1.29 is 5.11 Å². The number of aliphatic hydroxyl groups is 1. The number of hydrogen-bond donors (Lipinski definition) is 3. The molecule has 6 nitrogen and oxygen atoms in total. The number of rotatable bonds is 4. The summed E-state index contributed by atoms with van der Waals surface area (Å²) < 4.78 is 0. The number of H-pyrrole nitrogens is 1. The summed E-state index contributed by atoms with van der Waals surface area (Å²) in [7, 11) is 0. The maximum atomic E-state index is 10.6. The van der Waals surface area contributed by atoms with E-state index in [1.165, 1.54) is 11.8 Å². The first kappa shape index (κ1) is 16.5. The van der Waals surface area contributed by atoms with Crippen LogP contribution in [0.25, 0.3) is 0 Å². The second-order valence-electron chi connectivity index (χ2n) is 4.83. The highest BCUT2D eigenvalue weighted by molar-refractivity contribution is 8.14. The summed E-state index contributed by atoms with van der Waals surface area (Å²) in [6.07, 6.45) is -1.08. The van der Waals surface area contributed by atoms with Crippen LogP contribution in [0.4, 0.5) is 11.6 Å². The number of aromatic amines is 1. The van der Waals surface area contributed by atoms with Crippen molar-refractivity contribution in [2.75, 3.05) is 5.73 Å². The van der Waals surface area contributed by atoms with Crippen molar-refractivity contribution >= 4 is 40.0 Å². The van der Waals surface area contributed by atoms with Crippen LogP contribution in [0.5, 0.6) is 0 Å². The van der Waals surface area contributed by atoms with Crippen LogP contribution >= 0.6 is 23.4 Å². The number of anilines is 1. The van der Waals surface area contributed by atoms with Crippen LogP contribution in [0.1, 0.15) is 11.9 Å². The lowest BCUT2D eigenvalue weighted by atomic mass is 10.3. The van der Waals surface area contributed by atoms with Crippen LogP contribution in [0.3, 0.4) is 0 Å². The minimum absolute atomic E-state index is 0.0656. The Hall–Kier alpha value is -2.35. The molecule has 122 valence electrons. The summed E-state index contributed by atoms with van der Waals surface area (Å²) in [5, 5.41) is 18.0. The van der Waals surface area contributed by atoms with E-state index in [-0.39, 0.29) is 11.8 Å². The van der Waals surface area contributed by atoms with Crippen LogP contribution in [-0.2, 0) is 0 Å². The number of benzene rings is 2. The highest BCUT2D eigenvalue weighted by Crippen LogP contribution is 2.30. The molecule has 1 aromatic heterocycles. The van der Waals surface area contributed by atoms with Gasteiger partial charge in [0, 0.05) is 9.92 Å². The molecule has 0 saturated carbocycles. The van der Waals surface area contributed by atoms with E-state index in [4.69, 9.17) is 17.3 Å². The van der Waals surface area contributed by atoms with Gasteiger partial charge in [-0.25, -0.2) is 4.99 Å². The van der Waals surface area contributed by atoms with Gasteiger partial charge in [-0.2, -0.15) is 4.98 Å². The fourth-order valence-corrected chi connectivity index (χ4v) is 3.04. The van der Waals surface area contributed by atoms with E-state index < -0.39 is 6.10 Å². The quantitative estimate of drug-likeness (QED) is 0.375. The summed E-state index contributed by atoms with van der Waals surface area (Å²) in [5.74, 6) is 0.299. The average Bonchev–Trinajstić information content (AvgIpc) is 3.01. The highest BCUT2D eigenvalue weighted by Gasteiger charge is 2.20. The zero-order valence-electron chi connectivity index (χ0n) is 12.4. The summed E-state index contributed by atoms with van der Waals surface area (Å²) in [4.78, 5) is 9.43. The van der Waals surface area contributed by atoms with E-state index in [1.807, 2.05) is 30.3 Å². The Kier molecular flexibility index (Phi) is 5.14. The molecule has 8 heteroatoms. The second kappa shape index (κ2) is 7.48. The van der Waals surface area contributed by atoms with Gasteiger partial charge in [-0.15, -0.1) is 5.10 Å². The molecule has 4 N–H and O–H groups in total. The van der Waals surface area contributed by atoms with Crippen molar-refractivity contribution in [2.45, 2.75) is 11.0 Å². The molecule has 1 heterocycles. The normalized spacial score (nSPS) is 13.0. The van der Waals surface area contributed by atoms with Crippen molar-refractivity contribution in [3.63, 3.8) is 0 Å². The summed E-state index contributed by atoms with van der Waals surface area (Å²) >= 11 is 7.33. The summed E-state index contributed by atoms with van der Waals surface area (Å²) in [6.45, 7) is 0. The van der Waals surface area contributed by atoms with Gasteiger partial charge in [0.05, 0.1) is 5.69 Å². The number of nitrogens with zero attached hydrogens (tertiary/aromatic N) is 3. The third-order valence-corrected chi connectivity index (χ3v) is 4.29. The maximum Gasteiger partial charge on any atom is 0.239 e. The topological polar surface area (TPSA) is 100 Å². The number of aliphatic hydroxyl groups excluding tert-OH is 1. The smallest absolute Gasteiger partial charge is 0.239 e. The Labute approximate surface area is 147 Å². The number of nitrogens with two attached hydrogens (primary N) is 1. The van der Waals surface area contributed by atoms with Gasteiger partial charge >= 0.3 is 0 Å². The molecule has 0 aliphatic heterocycles. The van der Waals surface area contributed by atoms with Crippen LogP contribution in [0, 0.1) is 0 Å². The molecular formula is C16H14ClN5OS. The van der Waals surface area contributed by atoms with Crippen molar-refractivity contribution in [3.05, 3.63) is 65.4 Å². The molecule has 2 aromatic carbocycles. The van der Waals surface area contributed by atoms with Crippen LogP contribution in [0.15, 0.2) is 64.5 Å². The Morgan fingerprint density at radius 3 is 2.67 bits per heavy atom. The predicted octanol–water partition coefficient (Wildman–Crippen LogP) is 3.60. The van der Waals surface area contributed by atoms with Gasteiger partial charge in [0.2, 0.25) is 5.95 Å². The lowest BCUT2D eigenvalue weighted by Crippen LogP contribution is -2.10. The number of aliphatic imine (C=N–C) groups is 1. The monoisotopic (exact) mass is 359 g/mol. The second-order valence-corrected chi connectivity index (χ2v) is 6.36. The van der Waals surface area contributed by atoms with Crippen LogP contribution in [0.2, 0.25) is 5.02 Å². The number of aromatic nitrogens is 3. The van der Waals surface area contributed by atoms with Crippen molar-refractivity contribution in [3.8, 4) is 0 Å². The van der Waals surface area contributed by atoms with Gasteiger partial charge in [-0.1, -0.05) is 47.6 Å². The Morgan fingerprint density at radius 1 is 1.21 bits per heavy atom. The van der Waals surface area contributed by atoms with E-state index in [0.717, 1.165) is 4.90 Å². The van der Waals surface area contributed by atoms with Crippen LogP contribution < -0.4 is 5.73 Å². The number of nitrogen functional groups attached to an aromatic ring is 1. The van der Waals surface area contributed by atoms with Crippen LogP contribution in [-0.4, -0.2) is 25.3 Å². The minimum atomic E-state index is -1.08. The number of hydrogen-bond acceptors (Lipinski definition) is 6. The summed E-state index contributed by atoms with van der Waals surface area (Å²) in [6, 6.07) is 16.7. The van der Waals surface area contributed by atoms with E-state index in [1.54, 1.807) is 24.3 Å². The van der Waals surface area contributed by atoms with Crippen molar-refractivity contribution in [1.29, 1.82) is 0 Å².